The van der Waals surface area contributed by atoms with Gasteiger partial charge >= 0.3 is 0 Å². The molecule has 2 rings (SSSR count). The molecule has 2 aromatic rings. The highest BCUT2D eigenvalue weighted by Crippen LogP contribution is 2.23. The number of aryl methyl sites for hydroxylation is 2. The first-order valence-corrected chi connectivity index (χ1v) is 6.71. The summed E-state index contributed by atoms with van der Waals surface area (Å²) in [6.45, 7) is 6.27. The number of benzene rings is 2. The molecule has 0 radical (unpaired) electrons. The molecule has 0 aliphatic carbocycles. The van der Waals surface area contributed by atoms with Gasteiger partial charge in [-0.1, -0.05) is 18.2 Å². The van der Waals surface area contributed by atoms with Gasteiger partial charge in [-0.25, -0.2) is 4.39 Å². The van der Waals surface area contributed by atoms with Crippen LogP contribution in [0.25, 0.3) is 0 Å². The average molecular weight is 273 g/mol. The second-order valence-corrected chi connectivity index (χ2v) is 5.17. The number of ether oxygens (including phenoxy) is 1. The molecule has 0 saturated heterocycles. The van der Waals surface area contributed by atoms with E-state index < -0.39 is 0 Å². The lowest BCUT2D eigenvalue weighted by molar-refractivity contribution is 0.303. The van der Waals surface area contributed by atoms with E-state index in [1.807, 2.05) is 39.0 Å². The summed E-state index contributed by atoms with van der Waals surface area (Å²) in [5.74, 6) is 0.613. The van der Waals surface area contributed by atoms with E-state index in [9.17, 15) is 4.39 Å². The third-order valence-corrected chi connectivity index (χ3v) is 3.41. The molecule has 0 aliphatic rings. The van der Waals surface area contributed by atoms with Gasteiger partial charge in [-0.15, -0.1) is 0 Å². The summed E-state index contributed by atoms with van der Waals surface area (Å²) in [7, 11) is 0. The summed E-state index contributed by atoms with van der Waals surface area (Å²) in [6.07, 6.45) is 0. The second kappa shape index (κ2) is 6.06. The van der Waals surface area contributed by atoms with Crippen LogP contribution in [-0.2, 0) is 6.61 Å². The lowest BCUT2D eigenvalue weighted by atomic mass is 10.1. The summed E-state index contributed by atoms with van der Waals surface area (Å²) < 4.78 is 18.9. The van der Waals surface area contributed by atoms with Gasteiger partial charge in [0.05, 0.1) is 0 Å². The van der Waals surface area contributed by atoms with Crippen LogP contribution in [-0.4, -0.2) is 0 Å². The van der Waals surface area contributed by atoms with Crippen molar-refractivity contribution in [1.29, 1.82) is 0 Å². The van der Waals surface area contributed by atoms with E-state index in [1.165, 1.54) is 12.1 Å². The minimum Gasteiger partial charge on any atom is -0.489 e. The third-order valence-electron chi connectivity index (χ3n) is 3.41. The quantitative estimate of drug-likeness (QED) is 0.912. The minimum absolute atomic E-state index is 0.0158. The summed E-state index contributed by atoms with van der Waals surface area (Å²) in [5, 5.41) is 0. The Morgan fingerprint density at radius 1 is 1.10 bits per heavy atom. The Labute approximate surface area is 119 Å². The largest absolute Gasteiger partial charge is 0.489 e. The minimum atomic E-state index is -0.219. The number of rotatable bonds is 4. The predicted molar refractivity (Wildman–Crippen MR) is 79.3 cm³/mol. The van der Waals surface area contributed by atoms with Crippen LogP contribution in [0.4, 0.5) is 4.39 Å². The Balaban J connectivity index is 2.11. The average Bonchev–Trinajstić information content (AvgIpc) is 2.38. The normalized spacial score (nSPS) is 12.2. The summed E-state index contributed by atoms with van der Waals surface area (Å²) in [6, 6.07) is 10.7. The number of hydrogen-bond donors (Lipinski definition) is 1. The van der Waals surface area contributed by atoms with Gasteiger partial charge in [0.2, 0.25) is 0 Å². The molecule has 20 heavy (non-hydrogen) atoms. The molecule has 0 bridgehead atoms. The zero-order valence-corrected chi connectivity index (χ0v) is 12.1. The van der Waals surface area contributed by atoms with Crippen LogP contribution in [0.15, 0.2) is 36.4 Å². The molecule has 0 saturated carbocycles. The SMILES string of the molecule is Cc1cc(F)ccc1COc1ccc([C@@H](C)N)cc1C. The van der Waals surface area contributed by atoms with E-state index in [4.69, 9.17) is 10.5 Å². The van der Waals surface area contributed by atoms with E-state index >= 15 is 0 Å². The van der Waals surface area contributed by atoms with Gasteiger partial charge in [0.15, 0.2) is 0 Å². The standard InChI is InChI=1S/C17H20FNO/c1-11-9-16(18)6-4-15(11)10-20-17-7-5-14(13(3)19)8-12(17)2/h4-9,13H,10,19H2,1-3H3/t13-/m1/s1. The van der Waals surface area contributed by atoms with Crippen molar-refractivity contribution in [3.8, 4) is 5.75 Å². The second-order valence-electron chi connectivity index (χ2n) is 5.17. The van der Waals surface area contributed by atoms with E-state index in [0.29, 0.717) is 6.61 Å². The van der Waals surface area contributed by atoms with Gasteiger partial charge in [-0.2, -0.15) is 0 Å². The third kappa shape index (κ3) is 3.36. The number of halogens is 1. The van der Waals surface area contributed by atoms with Crippen molar-refractivity contribution in [2.45, 2.75) is 33.4 Å². The summed E-state index contributed by atoms with van der Waals surface area (Å²) >= 11 is 0. The smallest absolute Gasteiger partial charge is 0.123 e. The molecule has 0 fully saturated rings. The molecule has 0 unspecified atom stereocenters. The zero-order chi connectivity index (χ0) is 14.7. The molecule has 106 valence electrons. The topological polar surface area (TPSA) is 35.2 Å². The van der Waals surface area contributed by atoms with Crippen molar-refractivity contribution in [2.24, 2.45) is 5.73 Å². The molecule has 2 nitrogen and oxygen atoms in total. The van der Waals surface area contributed by atoms with Crippen LogP contribution in [0, 0.1) is 19.7 Å². The molecule has 0 amide bonds. The molecule has 1 atom stereocenters. The van der Waals surface area contributed by atoms with Crippen LogP contribution < -0.4 is 10.5 Å². The maximum atomic E-state index is 13.0. The van der Waals surface area contributed by atoms with Crippen molar-refractivity contribution in [2.75, 3.05) is 0 Å². The zero-order valence-electron chi connectivity index (χ0n) is 12.1. The Morgan fingerprint density at radius 3 is 2.45 bits per heavy atom. The lowest BCUT2D eigenvalue weighted by Gasteiger charge is -2.13. The van der Waals surface area contributed by atoms with Crippen molar-refractivity contribution < 1.29 is 9.13 Å². The van der Waals surface area contributed by atoms with E-state index in [-0.39, 0.29) is 11.9 Å². The fraction of sp³-hybridized carbons (Fsp3) is 0.294. The van der Waals surface area contributed by atoms with Crippen LogP contribution in [0.1, 0.15) is 35.2 Å². The first kappa shape index (κ1) is 14.5. The maximum Gasteiger partial charge on any atom is 0.123 e. The highest BCUT2D eigenvalue weighted by Gasteiger charge is 2.06. The molecule has 0 spiro atoms. The van der Waals surface area contributed by atoms with Gasteiger partial charge < -0.3 is 10.5 Å². The van der Waals surface area contributed by atoms with Crippen LogP contribution in [0.5, 0.6) is 5.75 Å². The molecule has 0 heterocycles. The first-order valence-electron chi connectivity index (χ1n) is 6.71. The molecule has 2 N–H and O–H groups in total. The monoisotopic (exact) mass is 273 g/mol. The van der Waals surface area contributed by atoms with Crippen LogP contribution in [0.3, 0.4) is 0 Å². The highest BCUT2D eigenvalue weighted by atomic mass is 19.1. The molecule has 2 aromatic carbocycles. The molecule has 3 heteroatoms. The van der Waals surface area contributed by atoms with Crippen LogP contribution >= 0.6 is 0 Å². The Kier molecular flexibility index (Phi) is 4.40. The highest BCUT2D eigenvalue weighted by molar-refractivity contribution is 5.37. The van der Waals surface area contributed by atoms with Crippen molar-refractivity contribution in [1.82, 2.24) is 0 Å². The molecular weight excluding hydrogens is 253 g/mol. The van der Waals surface area contributed by atoms with Gasteiger partial charge in [0.25, 0.3) is 0 Å². The summed E-state index contributed by atoms with van der Waals surface area (Å²) in [5.41, 5.74) is 9.89. The van der Waals surface area contributed by atoms with Crippen molar-refractivity contribution in [3.63, 3.8) is 0 Å². The fourth-order valence-electron chi connectivity index (χ4n) is 2.09. The van der Waals surface area contributed by atoms with Crippen LogP contribution in [0.2, 0.25) is 0 Å². The fourth-order valence-corrected chi connectivity index (χ4v) is 2.09. The molecular formula is C17H20FNO. The Bertz CT molecular complexity index is 608. The van der Waals surface area contributed by atoms with E-state index in [0.717, 1.165) is 28.0 Å². The Morgan fingerprint density at radius 2 is 1.85 bits per heavy atom. The predicted octanol–water partition coefficient (Wildman–Crippen LogP) is 4.04. The van der Waals surface area contributed by atoms with E-state index in [2.05, 4.69) is 0 Å². The van der Waals surface area contributed by atoms with Gasteiger partial charge in [0.1, 0.15) is 18.2 Å². The number of hydrogen-bond acceptors (Lipinski definition) is 2. The molecule has 0 aromatic heterocycles. The Hall–Kier alpha value is -1.87. The van der Waals surface area contributed by atoms with Gasteiger partial charge in [-0.3, -0.25) is 0 Å². The van der Waals surface area contributed by atoms with Crippen molar-refractivity contribution >= 4 is 0 Å². The lowest BCUT2D eigenvalue weighted by Crippen LogP contribution is -2.06. The summed E-state index contributed by atoms with van der Waals surface area (Å²) in [4.78, 5) is 0. The van der Waals surface area contributed by atoms with Crippen molar-refractivity contribution in [3.05, 3.63) is 64.5 Å². The molecule has 0 aliphatic heterocycles. The first-order chi connectivity index (χ1) is 9.47. The number of nitrogens with two attached hydrogens (primary N) is 1. The van der Waals surface area contributed by atoms with Gasteiger partial charge in [-0.05, 0) is 61.2 Å². The van der Waals surface area contributed by atoms with E-state index in [1.54, 1.807) is 6.07 Å². The maximum absolute atomic E-state index is 13.0. The van der Waals surface area contributed by atoms with Gasteiger partial charge in [0, 0.05) is 6.04 Å².